The highest BCUT2D eigenvalue weighted by molar-refractivity contribution is 5.96. The van der Waals surface area contributed by atoms with Gasteiger partial charge in [-0.3, -0.25) is 14.5 Å². The number of nitrogens with zero attached hydrogens (tertiary/aromatic N) is 2. The van der Waals surface area contributed by atoms with Crippen molar-refractivity contribution < 1.29 is 46.2 Å². The van der Waals surface area contributed by atoms with Crippen molar-refractivity contribution in [3.63, 3.8) is 0 Å². The van der Waals surface area contributed by atoms with Crippen LogP contribution in [0.3, 0.4) is 0 Å². The Labute approximate surface area is 287 Å². The Morgan fingerprint density at radius 1 is 1.06 bits per heavy atom. The zero-order chi connectivity index (χ0) is 35.6. The maximum absolute atomic E-state index is 14.4. The molecule has 0 unspecified atom stereocenters. The lowest BCUT2D eigenvalue weighted by Crippen LogP contribution is -2.55. The minimum atomic E-state index is -4.53. The molecule has 2 aromatic carbocycles. The standard InChI is InChI=1S/C36H40F4N4O6/c1-2-49-33(47)35-18-24(35)10-6-4-3-5-7-12-29(41-25-15-13-23(14-16-25)36(38,39)40)32(46)44-20-26(17-30(44)31(45)42-35)50-34(48)43-19-22-9-8-11-28(37)27(22)21-43/h6,8-11,13-16,24,26,29-30,41H,2-5,7,12,17-21H2,1H3,(H,42,45)/t24-,26-,29+,30+,35-/m1/s1. The number of nitrogens with one attached hydrogen (secondary N) is 2. The molecule has 3 heterocycles. The second kappa shape index (κ2) is 14.3. The third kappa shape index (κ3) is 7.43. The molecule has 268 valence electrons. The molecule has 3 aliphatic heterocycles. The van der Waals surface area contributed by atoms with Crippen LogP contribution >= 0.6 is 0 Å². The summed E-state index contributed by atoms with van der Waals surface area (Å²) in [5.41, 5.74) is -0.777. The first kappa shape index (κ1) is 35.2. The number of alkyl halides is 3. The Morgan fingerprint density at radius 2 is 1.84 bits per heavy atom. The van der Waals surface area contributed by atoms with Crippen LogP contribution < -0.4 is 10.6 Å². The number of carbonyl (C=O) groups is 4. The van der Waals surface area contributed by atoms with Crippen LogP contribution in [-0.2, 0) is 43.1 Å². The van der Waals surface area contributed by atoms with Gasteiger partial charge in [-0.25, -0.2) is 14.0 Å². The molecular formula is C36H40F4N4O6. The van der Waals surface area contributed by atoms with Gasteiger partial charge >= 0.3 is 18.2 Å². The summed E-state index contributed by atoms with van der Waals surface area (Å²) in [5.74, 6) is -2.40. The maximum Gasteiger partial charge on any atom is 0.416 e. The quantitative estimate of drug-likeness (QED) is 0.233. The minimum Gasteiger partial charge on any atom is -0.464 e. The summed E-state index contributed by atoms with van der Waals surface area (Å²) >= 11 is 0. The van der Waals surface area contributed by atoms with Gasteiger partial charge in [-0.15, -0.1) is 0 Å². The number of carbonyl (C=O) groups excluding carboxylic acids is 4. The summed E-state index contributed by atoms with van der Waals surface area (Å²) in [6.07, 6.45) is 1.22. The SMILES string of the molecule is CCOC(=O)[C@@]12C[C@H]1C=CCCCCC[C@H](Nc1ccc(C(F)(F)F)cc1)C(=O)N1C[C@H](OC(=O)N3Cc4cccc(F)c4C3)C[C@H]1C(=O)N2. The fourth-order valence-electron chi connectivity index (χ4n) is 7.08. The van der Waals surface area contributed by atoms with Gasteiger partial charge in [0.1, 0.15) is 29.5 Å². The number of fused-ring (bicyclic) bond motifs is 3. The second-order valence-corrected chi connectivity index (χ2v) is 13.3. The van der Waals surface area contributed by atoms with E-state index in [1.165, 1.54) is 28.0 Å². The van der Waals surface area contributed by atoms with Gasteiger partial charge in [-0.1, -0.05) is 37.1 Å². The van der Waals surface area contributed by atoms with Crippen molar-refractivity contribution in [1.82, 2.24) is 15.1 Å². The fourth-order valence-corrected chi connectivity index (χ4v) is 7.08. The van der Waals surface area contributed by atoms with Gasteiger partial charge in [0, 0.05) is 30.1 Å². The number of allylic oxidation sites excluding steroid dienone is 1. The van der Waals surface area contributed by atoms with Crippen LogP contribution in [0.4, 0.5) is 28.0 Å². The van der Waals surface area contributed by atoms with Crippen molar-refractivity contribution in [3.8, 4) is 0 Å². The van der Waals surface area contributed by atoms with Crippen LogP contribution in [-0.4, -0.2) is 70.6 Å². The van der Waals surface area contributed by atoms with E-state index < -0.39 is 65.2 Å². The Hall–Kier alpha value is -4.62. The molecule has 0 aromatic heterocycles. The number of anilines is 1. The Morgan fingerprint density at radius 3 is 2.56 bits per heavy atom. The fraction of sp³-hybridized carbons (Fsp3) is 0.500. The second-order valence-electron chi connectivity index (χ2n) is 13.3. The number of rotatable bonds is 5. The third-order valence-corrected chi connectivity index (χ3v) is 9.88. The van der Waals surface area contributed by atoms with E-state index in [4.69, 9.17) is 9.47 Å². The molecule has 5 atom stereocenters. The molecule has 1 saturated carbocycles. The van der Waals surface area contributed by atoms with Gasteiger partial charge in [-0.05, 0) is 68.5 Å². The highest BCUT2D eigenvalue weighted by Crippen LogP contribution is 2.46. The Balaban J connectivity index is 1.25. The molecule has 0 spiro atoms. The number of esters is 1. The summed E-state index contributed by atoms with van der Waals surface area (Å²) < 4.78 is 65.2. The molecule has 14 heteroatoms. The summed E-state index contributed by atoms with van der Waals surface area (Å²) in [6, 6.07) is 6.92. The van der Waals surface area contributed by atoms with Gasteiger partial charge in [0.05, 0.1) is 25.3 Å². The molecule has 3 amide bonds. The maximum atomic E-state index is 14.4. The minimum absolute atomic E-state index is 0.0101. The smallest absolute Gasteiger partial charge is 0.416 e. The highest BCUT2D eigenvalue weighted by atomic mass is 19.4. The van der Waals surface area contributed by atoms with Crippen LogP contribution in [0, 0.1) is 11.7 Å². The average Bonchev–Trinajstić information content (AvgIpc) is 3.38. The van der Waals surface area contributed by atoms with Crippen LogP contribution in [0.1, 0.15) is 68.6 Å². The molecule has 4 aliphatic rings. The zero-order valence-corrected chi connectivity index (χ0v) is 27.6. The van der Waals surface area contributed by atoms with E-state index >= 15 is 0 Å². The molecule has 0 bridgehead atoms. The van der Waals surface area contributed by atoms with Crippen molar-refractivity contribution in [2.75, 3.05) is 18.5 Å². The Kier molecular flexibility index (Phi) is 10.1. The topological polar surface area (TPSA) is 117 Å². The van der Waals surface area contributed by atoms with Crippen LogP contribution in [0.2, 0.25) is 0 Å². The molecular weight excluding hydrogens is 660 g/mol. The van der Waals surface area contributed by atoms with E-state index in [0.29, 0.717) is 36.1 Å². The molecule has 50 heavy (non-hydrogen) atoms. The van der Waals surface area contributed by atoms with Gasteiger partial charge in [0.2, 0.25) is 11.8 Å². The van der Waals surface area contributed by atoms with Crippen molar-refractivity contribution >= 4 is 29.6 Å². The highest BCUT2D eigenvalue weighted by Gasteiger charge is 2.62. The van der Waals surface area contributed by atoms with Crippen LogP contribution in [0.25, 0.3) is 0 Å². The van der Waals surface area contributed by atoms with E-state index in [0.717, 1.165) is 31.4 Å². The van der Waals surface area contributed by atoms with Crippen LogP contribution in [0.5, 0.6) is 0 Å². The van der Waals surface area contributed by atoms with Gasteiger partial charge < -0.3 is 25.0 Å². The van der Waals surface area contributed by atoms with Gasteiger partial charge in [-0.2, -0.15) is 13.2 Å². The average molecular weight is 701 g/mol. The van der Waals surface area contributed by atoms with Crippen molar-refractivity contribution in [2.24, 2.45) is 5.92 Å². The summed E-state index contributed by atoms with van der Waals surface area (Å²) in [4.78, 5) is 57.5. The predicted molar refractivity (Wildman–Crippen MR) is 173 cm³/mol. The molecule has 10 nitrogen and oxygen atoms in total. The first-order valence-electron chi connectivity index (χ1n) is 17.0. The first-order chi connectivity index (χ1) is 23.9. The molecule has 1 aliphatic carbocycles. The molecule has 0 radical (unpaired) electrons. The first-order valence-corrected chi connectivity index (χ1v) is 17.0. The number of benzene rings is 2. The summed E-state index contributed by atoms with van der Waals surface area (Å²) in [6.45, 7) is 1.79. The lowest BCUT2D eigenvalue weighted by Gasteiger charge is -2.30. The molecule has 6 rings (SSSR count). The van der Waals surface area contributed by atoms with Crippen molar-refractivity contribution in [3.05, 3.63) is 77.1 Å². The molecule has 1 saturated heterocycles. The summed E-state index contributed by atoms with van der Waals surface area (Å²) in [7, 11) is 0. The van der Waals surface area contributed by atoms with Crippen LogP contribution in [0.15, 0.2) is 54.6 Å². The number of amides is 3. The predicted octanol–water partition coefficient (Wildman–Crippen LogP) is 5.71. The number of hydrogen-bond donors (Lipinski definition) is 2. The molecule has 2 N–H and O–H groups in total. The largest absolute Gasteiger partial charge is 0.464 e. The van der Waals surface area contributed by atoms with E-state index in [9.17, 15) is 36.7 Å². The lowest BCUT2D eigenvalue weighted by atomic mass is 10.0. The zero-order valence-electron chi connectivity index (χ0n) is 27.6. The van der Waals surface area contributed by atoms with Crippen molar-refractivity contribution in [2.45, 2.75) is 94.9 Å². The van der Waals surface area contributed by atoms with Crippen molar-refractivity contribution in [1.29, 1.82) is 0 Å². The van der Waals surface area contributed by atoms with E-state index in [1.807, 2.05) is 12.2 Å². The Bertz CT molecular complexity index is 1650. The molecule has 2 fully saturated rings. The van der Waals surface area contributed by atoms with E-state index in [2.05, 4.69) is 10.6 Å². The monoisotopic (exact) mass is 700 g/mol. The van der Waals surface area contributed by atoms with Gasteiger partial charge in [0.15, 0.2) is 0 Å². The summed E-state index contributed by atoms with van der Waals surface area (Å²) in [5, 5.41) is 5.94. The number of ether oxygens (including phenoxy) is 2. The normalized spacial score (nSPS) is 26.9. The van der Waals surface area contributed by atoms with E-state index in [1.54, 1.807) is 19.1 Å². The molecule has 2 aromatic rings. The van der Waals surface area contributed by atoms with Gasteiger partial charge in [0.25, 0.3) is 0 Å². The lowest BCUT2D eigenvalue weighted by molar-refractivity contribution is -0.150. The number of hydrogen-bond acceptors (Lipinski definition) is 7. The number of halogens is 4. The van der Waals surface area contributed by atoms with E-state index in [-0.39, 0.29) is 38.6 Å². The third-order valence-electron chi connectivity index (χ3n) is 9.88.